The number of halogens is 4. The van der Waals surface area contributed by atoms with Crippen LogP contribution < -0.4 is 5.73 Å². The Morgan fingerprint density at radius 2 is 1.75 bits per heavy atom. The van der Waals surface area contributed by atoms with Gasteiger partial charge in [0.05, 0.1) is 0 Å². The molecular weight excluding hydrogens is 303 g/mol. The standard InChI is InChI=1S/C10H11BrF3NS/c1-6(15)9(10(12,13)14)16-8-4-2-7(11)3-5-8/h2-6,9H,15H2,1H3. The number of alkyl halides is 3. The molecule has 2 N–H and O–H groups in total. The lowest BCUT2D eigenvalue weighted by atomic mass is 10.2. The van der Waals surface area contributed by atoms with Crippen LogP contribution in [0.4, 0.5) is 13.2 Å². The summed E-state index contributed by atoms with van der Waals surface area (Å²) in [7, 11) is 0. The average Bonchev–Trinajstić information content (AvgIpc) is 2.14. The Hall–Kier alpha value is -0.200. The molecule has 2 unspecified atom stereocenters. The van der Waals surface area contributed by atoms with Crippen molar-refractivity contribution in [2.75, 3.05) is 0 Å². The summed E-state index contributed by atoms with van der Waals surface area (Å²) >= 11 is 3.97. The zero-order chi connectivity index (χ0) is 12.3. The summed E-state index contributed by atoms with van der Waals surface area (Å²) in [5.74, 6) is 0. The molecule has 0 aromatic heterocycles. The van der Waals surface area contributed by atoms with Crippen molar-refractivity contribution in [2.45, 2.75) is 29.3 Å². The van der Waals surface area contributed by atoms with E-state index in [-0.39, 0.29) is 0 Å². The lowest BCUT2D eigenvalue weighted by Gasteiger charge is -2.23. The zero-order valence-corrected chi connectivity index (χ0v) is 10.9. The monoisotopic (exact) mass is 313 g/mol. The van der Waals surface area contributed by atoms with Crippen LogP contribution >= 0.6 is 27.7 Å². The molecule has 0 bridgehead atoms. The molecule has 1 aromatic carbocycles. The number of benzene rings is 1. The highest BCUT2D eigenvalue weighted by Gasteiger charge is 2.42. The minimum atomic E-state index is -4.29. The van der Waals surface area contributed by atoms with Gasteiger partial charge >= 0.3 is 6.18 Å². The van der Waals surface area contributed by atoms with Gasteiger partial charge in [-0.15, -0.1) is 11.8 Å². The molecule has 1 rings (SSSR count). The van der Waals surface area contributed by atoms with Crippen molar-refractivity contribution < 1.29 is 13.2 Å². The highest BCUT2D eigenvalue weighted by atomic mass is 79.9. The Balaban J connectivity index is 2.80. The Morgan fingerprint density at radius 3 is 2.12 bits per heavy atom. The van der Waals surface area contributed by atoms with Gasteiger partial charge in [0.25, 0.3) is 0 Å². The molecule has 0 radical (unpaired) electrons. The van der Waals surface area contributed by atoms with E-state index in [0.717, 1.165) is 16.2 Å². The lowest BCUT2D eigenvalue weighted by Crippen LogP contribution is -2.40. The van der Waals surface area contributed by atoms with Crippen molar-refractivity contribution in [1.82, 2.24) is 0 Å². The van der Waals surface area contributed by atoms with E-state index in [1.165, 1.54) is 6.92 Å². The van der Waals surface area contributed by atoms with Gasteiger partial charge in [0, 0.05) is 15.4 Å². The lowest BCUT2D eigenvalue weighted by molar-refractivity contribution is -0.131. The van der Waals surface area contributed by atoms with E-state index < -0.39 is 17.5 Å². The molecule has 0 amide bonds. The van der Waals surface area contributed by atoms with Crippen molar-refractivity contribution >= 4 is 27.7 Å². The fourth-order valence-electron chi connectivity index (χ4n) is 1.13. The molecule has 1 nitrogen and oxygen atoms in total. The van der Waals surface area contributed by atoms with Crippen LogP contribution in [0.25, 0.3) is 0 Å². The summed E-state index contributed by atoms with van der Waals surface area (Å²) in [6.45, 7) is 1.37. The maximum atomic E-state index is 12.6. The van der Waals surface area contributed by atoms with E-state index in [1.807, 2.05) is 0 Å². The van der Waals surface area contributed by atoms with Crippen LogP contribution in [0, 0.1) is 0 Å². The SMILES string of the molecule is CC(N)C(Sc1ccc(Br)cc1)C(F)(F)F. The van der Waals surface area contributed by atoms with Crippen molar-refractivity contribution in [3.63, 3.8) is 0 Å². The molecule has 90 valence electrons. The van der Waals surface area contributed by atoms with Gasteiger partial charge in [-0.3, -0.25) is 0 Å². The summed E-state index contributed by atoms with van der Waals surface area (Å²) in [5.41, 5.74) is 5.35. The number of rotatable bonds is 3. The van der Waals surface area contributed by atoms with Crippen molar-refractivity contribution in [2.24, 2.45) is 5.73 Å². The summed E-state index contributed by atoms with van der Waals surface area (Å²) in [6, 6.07) is 5.74. The molecule has 1 aromatic rings. The topological polar surface area (TPSA) is 26.0 Å². The summed E-state index contributed by atoms with van der Waals surface area (Å²) in [6.07, 6.45) is -4.29. The van der Waals surface area contributed by atoms with Crippen molar-refractivity contribution in [3.05, 3.63) is 28.7 Å². The van der Waals surface area contributed by atoms with Gasteiger partial charge in [0.2, 0.25) is 0 Å². The summed E-state index contributed by atoms with van der Waals surface area (Å²) < 4.78 is 38.7. The van der Waals surface area contributed by atoms with Gasteiger partial charge in [-0.2, -0.15) is 13.2 Å². The van der Waals surface area contributed by atoms with Gasteiger partial charge in [0.1, 0.15) is 5.25 Å². The molecule has 0 aliphatic heterocycles. The van der Waals surface area contributed by atoms with Crippen LogP contribution in [-0.2, 0) is 0 Å². The smallest absolute Gasteiger partial charge is 0.327 e. The highest BCUT2D eigenvalue weighted by molar-refractivity contribution is 9.10. The Kier molecular flexibility index (Phi) is 4.70. The van der Waals surface area contributed by atoms with Crippen LogP contribution in [0.2, 0.25) is 0 Å². The van der Waals surface area contributed by atoms with E-state index >= 15 is 0 Å². The molecule has 0 spiro atoms. The third-order valence-corrected chi connectivity index (χ3v) is 3.90. The predicted octanol–water partition coefficient (Wildman–Crippen LogP) is 3.82. The van der Waals surface area contributed by atoms with E-state index in [9.17, 15) is 13.2 Å². The maximum absolute atomic E-state index is 12.6. The molecule has 0 heterocycles. The number of hydrogen-bond acceptors (Lipinski definition) is 2. The van der Waals surface area contributed by atoms with Crippen LogP contribution in [0.1, 0.15) is 6.92 Å². The van der Waals surface area contributed by atoms with Gasteiger partial charge in [-0.25, -0.2) is 0 Å². The number of nitrogens with two attached hydrogens (primary N) is 1. The fourth-order valence-corrected chi connectivity index (χ4v) is 2.33. The van der Waals surface area contributed by atoms with E-state index in [0.29, 0.717) is 4.90 Å². The molecule has 0 fully saturated rings. The van der Waals surface area contributed by atoms with E-state index in [1.54, 1.807) is 24.3 Å². The van der Waals surface area contributed by atoms with Crippen LogP contribution in [0.5, 0.6) is 0 Å². The van der Waals surface area contributed by atoms with E-state index in [4.69, 9.17) is 5.73 Å². The Labute approximate surface area is 105 Å². The third-order valence-electron chi connectivity index (χ3n) is 1.88. The second-order valence-electron chi connectivity index (χ2n) is 3.39. The predicted molar refractivity (Wildman–Crippen MR) is 63.5 cm³/mol. The minimum absolute atomic E-state index is 0.558. The first-order valence-corrected chi connectivity index (χ1v) is 6.22. The normalized spacial score (nSPS) is 15.9. The van der Waals surface area contributed by atoms with Crippen molar-refractivity contribution in [3.8, 4) is 0 Å². The number of thioether (sulfide) groups is 1. The summed E-state index contributed by atoms with van der Waals surface area (Å²) in [4.78, 5) is 0.558. The van der Waals surface area contributed by atoms with E-state index in [2.05, 4.69) is 15.9 Å². The first-order chi connectivity index (χ1) is 7.30. The summed E-state index contributed by atoms with van der Waals surface area (Å²) in [5, 5.41) is -1.58. The highest BCUT2D eigenvalue weighted by Crippen LogP contribution is 2.36. The third kappa shape index (κ3) is 3.99. The molecule has 0 aliphatic rings. The van der Waals surface area contributed by atoms with Crippen LogP contribution in [0.3, 0.4) is 0 Å². The van der Waals surface area contributed by atoms with Crippen LogP contribution in [0.15, 0.2) is 33.6 Å². The average molecular weight is 314 g/mol. The molecule has 0 aliphatic carbocycles. The second-order valence-corrected chi connectivity index (χ2v) is 5.52. The Bertz CT molecular complexity index is 337. The minimum Gasteiger partial charge on any atom is -0.327 e. The zero-order valence-electron chi connectivity index (χ0n) is 8.46. The first-order valence-electron chi connectivity index (χ1n) is 4.55. The number of hydrogen-bond donors (Lipinski definition) is 1. The van der Waals surface area contributed by atoms with Gasteiger partial charge in [0.15, 0.2) is 0 Å². The van der Waals surface area contributed by atoms with Gasteiger partial charge < -0.3 is 5.73 Å². The van der Waals surface area contributed by atoms with Crippen LogP contribution in [-0.4, -0.2) is 17.5 Å². The quantitative estimate of drug-likeness (QED) is 0.858. The maximum Gasteiger partial charge on any atom is 0.402 e. The largest absolute Gasteiger partial charge is 0.402 e. The molecular formula is C10H11BrF3NS. The molecule has 6 heteroatoms. The molecule has 0 saturated heterocycles. The first kappa shape index (κ1) is 13.9. The van der Waals surface area contributed by atoms with Gasteiger partial charge in [-0.1, -0.05) is 15.9 Å². The van der Waals surface area contributed by atoms with Crippen molar-refractivity contribution in [1.29, 1.82) is 0 Å². The van der Waals surface area contributed by atoms with Gasteiger partial charge in [-0.05, 0) is 31.2 Å². The fraction of sp³-hybridized carbons (Fsp3) is 0.400. The molecule has 2 atom stereocenters. The molecule has 0 saturated carbocycles. The molecule has 16 heavy (non-hydrogen) atoms. The second kappa shape index (κ2) is 5.42. The Morgan fingerprint density at radius 1 is 1.25 bits per heavy atom.